The van der Waals surface area contributed by atoms with Crippen LogP contribution in [0.15, 0.2) is 30.3 Å². The Kier molecular flexibility index (Phi) is 5.14. The van der Waals surface area contributed by atoms with E-state index in [4.69, 9.17) is 29.6 Å². The summed E-state index contributed by atoms with van der Waals surface area (Å²) in [7, 11) is 0. The molecule has 0 spiro atoms. The third-order valence-corrected chi connectivity index (χ3v) is 2.15. The summed E-state index contributed by atoms with van der Waals surface area (Å²) in [4.78, 5) is 11.7. The van der Waals surface area contributed by atoms with Crippen molar-refractivity contribution in [2.75, 3.05) is 6.61 Å². The molecule has 1 aromatic carbocycles. The van der Waals surface area contributed by atoms with E-state index in [1.54, 1.807) is 6.92 Å². The van der Waals surface area contributed by atoms with E-state index in [-0.39, 0.29) is 10.3 Å². The van der Waals surface area contributed by atoms with Crippen LogP contribution in [0.5, 0.6) is 0 Å². The minimum absolute atomic E-state index is 0.155. The van der Waals surface area contributed by atoms with Gasteiger partial charge < -0.3 is 34.9 Å². The first-order valence-corrected chi connectivity index (χ1v) is 5.66. The molecule has 86 valence electrons. The summed E-state index contributed by atoms with van der Waals surface area (Å²) in [6.45, 7) is 2.08. The molecule has 0 aromatic heterocycles. The van der Waals surface area contributed by atoms with E-state index in [9.17, 15) is 4.79 Å². The quantitative estimate of drug-likeness (QED) is 0.503. The second kappa shape index (κ2) is 6.40. The zero-order valence-electron chi connectivity index (χ0n) is 8.80. The zero-order valence-corrected chi connectivity index (χ0v) is 10.4. The van der Waals surface area contributed by atoms with Crippen molar-refractivity contribution in [3.05, 3.63) is 35.9 Å². The van der Waals surface area contributed by atoms with Crippen molar-refractivity contribution in [3.63, 3.8) is 0 Å². The van der Waals surface area contributed by atoms with Crippen LogP contribution in [0.4, 0.5) is 0 Å². The summed E-state index contributed by atoms with van der Waals surface area (Å²) in [6.07, 6.45) is 0. The van der Waals surface area contributed by atoms with E-state index in [2.05, 4.69) is 5.32 Å². The third-order valence-electron chi connectivity index (χ3n) is 1.92. The van der Waals surface area contributed by atoms with Gasteiger partial charge >= 0.3 is 5.97 Å². The van der Waals surface area contributed by atoms with E-state index in [0.29, 0.717) is 6.61 Å². The van der Waals surface area contributed by atoms with Crippen molar-refractivity contribution >= 4 is 35.1 Å². The monoisotopic (exact) mass is 254 g/mol. The smallest absolute Gasteiger partial charge is 0.333 e. The van der Waals surface area contributed by atoms with Gasteiger partial charge in [-0.3, -0.25) is 0 Å². The van der Waals surface area contributed by atoms with Crippen LogP contribution < -0.4 is 5.32 Å². The van der Waals surface area contributed by atoms with E-state index in [1.165, 1.54) is 0 Å². The normalized spacial score (nSPS) is 11.6. The molecule has 0 aliphatic carbocycles. The highest BCUT2D eigenvalue weighted by molar-refractivity contribution is 8.00. The maximum Gasteiger partial charge on any atom is 0.333 e. The average Bonchev–Trinajstić information content (AvgIpc) is 2.27. The number of carbonyl (C=O) groups excluding carboxylic acids is 1. The second-order valence-corrected chi connectivity index (χ2v) is 4.10. The lowest BCUT2D eigenvalue weighted by atomic mass is 10.1. The highest BCUT2D eigenvalue weighted by atomic mass is 32.1. The Balaban J connectivity index is 2.87. The van der Waals surface area contributed by atoms with Gasteiger partial charge in [-0.2, -0.15) is 0 Å². The van der Waals surface area contributed by atoms with Crippen LogP contribution in [-0.4, -0.2) is 16.9 Å². The number of nitrogens with one attached hydrogen (secondary N) is 1. The van der Waals surface area contributed by atoms with Gasteiger partial charge in [0.05, 0.1) is 6.61 Å². The third kappa shape index (κ3) is 3.75. The van der Waals surface area contributed by atoms with Crippen molar-refractivity contribution in [2.45, 2.75) is 13.0 Å². The highest BCUT2D eigenvalue weighted by Crippen LogP contribution is 2.14. The Labute approximate surface area is 106 Å². The van der Waals surface area contributed by atoms with E-state index < -0.39 is 6.04 Å². The van der Waals surface area contributed by atoms with Crippen molar-refractivity contribution in [2.24, 2.45) is 0 Å². The van der Waals surface area contributed by atoms with E-state index in [1.807, 2.05) is 30.3 Å². The molecule has 0 saturated heterocycles. The summed E-state index contributed by atoms with van der Waals surface area (Å²) in [5.74, 6) is -0.374. The van der Waals surface area contributed by atoms with Crippen molar-refractivity contribution in [1.29, 1.82) is 0 Å². The van der Waals surface area contributed by atoms with Gasteiger partial charge in [0.15, 0.2) is 0 Å². The number of hydrogen-bond acceptors (Lipinski definition) is 4. The van der Waals surface area contributed by atoms with Gasteiger partial charge in [-0.25, -0.2) is 4.79 Å². The predicted molar refractivity (Wildman–Crippen MR) is 68.9 cm³/mol. The molecular formula is C11H12NO2S2-. The van der Waals surface area contributed by atoms with Crippen LogP contribution >= 0.6 is 12.2 Å². The summed E-state index contributed by atoms with van der Waals surface area (Å²) < 4.78 is 5.11. The zero-order chi connectivity index (χ0) is 12.0. The van der Waals surface area contributed by atoms with E-state index in [0.717, 1.165) is 5.56 Å². The molecular weight excluding hydrogens is 242 g/mol. The molecule has 16 heavy (non-hydrogen) atoms. The van der Waals surface area contributed by atoms with Crippen molar-refractivity contribution in [3.8, 4) is 0 Å². The molecule has 5 heteroatoms. The van der Waals surface area contributed by atoms with E-state index >= 15 is 0 Å². The molecule has 0 aliphatic heterocycles. The summed E-state index contributed by atoms with van der Waals surface area (Å²) in [5, 5.41) is 2.75. The minimum Gasteiger partial charge on any atom is -0.464 e. The van der Waals surface area contributed by atoms with Gasteiger partial charge in [0, 0.05) is 0 Å². The van der Waals surface area contributed by atoms with Gasteiger partial charge in [-0.15, -0.1) is 0 Å². The van der Waals surface area contributed by atoms with Crippen LogP contribution in [0.25, 0.3) is 0 Å². The van der Waals surface area contributed by atoms with Crippen LogP contribution in [0.1, 0.15) is 18.5 Å². The fourth-order valence-corrected chi connectivity index (χ4v) is 1.50. The molecule has 3 nitrogen and oxygen atoms in total. The molecule has 1 rings (SSSR count). The first kappa shape index (κ1) is 12.9. The lowest BCUT2D eigenvalue weighted by Gasteiger charge is -2.20. The number of carbonyl (C=O) groups is 1. The fourth-order valence-electron chi connectivity index (χ4n) is 1.27. The highest BCUT2D eigenvalue weighted by Gasteiger charge is 2.20. The number of esters is 1. The molecule has 0 radical (unpaired) electrons. The molecule has 0 aliphatic rings. The van der Waals surface area contributed by atoms with Crippen LogP contribution in [0.3, 0.4) is 0 Å². The Bertz CT molecular complexity index is 368. The number of rotatable bonds is 4. The molecule has 0 bridgehead atoms. The van der Waals surface area contributed by atoms with Gasteiger partial charge in [-0.1, -0.05) is 34.7 Å². The number of benzene rings is 1. The number of ether oxygens (including phenoxy) is 1. The minimum atomic E-state index is -0.619. The maximum atomic E-state index is 11.7. The average molecular weight is 254 g/mol. The van der Waals surface area contributed by atoms with Crippen molar-refractivity contribution in [1.82, 2.24) is 5.32 Å². The largest absolute Gasteiger partial charge is 0.464 e. The predicted octanol–water partition coefficient (Wildman–Crippen LogP) is 1.71. The molecule has 0 heterocycles. The SMILES string of the molecule is CCOC(=O)C(NC(=S)[S-])c1ccccc1. The molecule has 1 aromatic rings. The molecule has 0 amide bonds. The molecule has 0 fully saturated rings. The lowest BCUT2D eigenvalue weighted by Crippen LogP contribution is -2.32. The van der Waals surface area contributed by atoms with Gasteiger partial charge in [0.25, 0.3) is 0 Å². The number of thiocarbonyl (C=S) groups is 1. The number of hydrogen-bond donors (Lipinski definition) is 1. The van der Waals surface area contributed by atoms with Gasteiger partial charge in [0.2, 0.25) is 0 Å². The maximum absolute atomic E-state index is 11.7. The summed E-state index contributed by atoms with van der Waals surface area (Å²) >= 11 is 9.54. The topological polar surface area (TPSA) is 38.3 Å². The molecule has 1 atom stereocenters. The summed E-state index contributed by atoms with van der Waals surface area (Å²) in [6, 6.07) is 8.58. The first-order chi connectivity index (χ1) is 7.65. The van der Waals surface area contributed by atoms with Crippen LogP contribution in [0, 0.1) is 0 Å². The summed E-state index contributed by atoms with van der Waals surface area (Å²) in [5.41, 5.74) is 0.785. The van der Waals surface area contributed by atoms with Crippen LogP contribution in [-0.2, 0) is 22.2 Å². The van der Waals surface area contributed by atoms with Crippen molar-refractivity contribution < 1.29 is 9.53 Å². The Morgan fingerprint density at radius 3 is 2.62 bits per heavy atom. The Morgan fingerprint density at radius 1 is 1.50 bits per heavy atom. The second-order valence-electron chi connectivity index (χ2n) is 3.03. The lowest BCUT2D eigenvalue weighted by molar-refractivity contribution is -0.145. The van der Waals surface area contributed by atoms with Gasteiger partial charge in [0.1, 0.15) is 6.04 Å². The van der Waals surface area contributed by atoms with Gasteiger partial charge in [-0.05, 0) is 12.5 Å². The fraction of sp³-hybridized carbons (Fsp3) is 0.273. The molecule has 0 saturated carbocycles. The first-order valence-electron chi connectivity index (χ1n) is 4.84. The Hall–Kier alpha value is -1.20. The molecule has 1 N–H and O–H groups in total. The molecule has 1 unspecified atom stereocenters. The Morgan fingerprint density at radius 2 is 2.12 bits per heavy atom. The standard InChI is InChI=1S/C11H13NO2S2/c1-2-14-10(13)9(12-11(15)16)8-6-4-3-5-7-8/h3-7,9H,2H2,1H3,(H2,12,15,16)/p-1. The van der Waals surface area contributed by atoms with Crippen LogP contribution in [0.2, 0.25) is 0 Å².